The zero-order chi connectivity index (χ0) is 14.7. The number of nitrogens with one attached hydrogen (secondary N) is 1. The van der Waals surface area contributed by atoms with E-state index in [1.165, 1.54) is 0 Å². The van der Waals surface area contributed by atoms with Crippen LogP contribution in [0.4, 0.5) is 0 Å². The Hall–Kier alpha value is -1.88. The zero-order valence-corrected chi connectivity index (χ0v) is 12.6. The highest BCUT2D eigenvalue weighted by Crippen LogP contribution is 2.16. The number of benzene rings is 1. The molecule has 0 aliphatic rings. The lowest BCUT2D eigenvalue weighted by Gasteiger charge is -2.09. The molecule has 0 aliphatic heterocycles. The van der Waals surface area contributed by atoms with E-state index in [0.717, 1.165) is 29.8 Å². The summed E-state index contributed by atoms with van der Waals surface area (Å²) < 4.78 is 2.02. The fourth-order valence-electron chi connectivity index (χ4n) is 2.16. The highest BCUT2D eigenvalue weighted by molar-refractivity contribution is 5.97. The Morgan fingerprint density at radius 1 is 1.40 bits per heavy atom. The molecule has 2 aromatic rings. The molecule has 0 bridgehead atoms. The molecule has 1 aromatic heterocycles. The van der Waals surface area contributed by atoms with Gasteiger partial charge in [-0.2, -0.15) is 0 Å². The SMILES string of the molecule is Cc1nc2cc(C(=O)NCCCN(C)C)ccc2n1C. The summed E-state index contributed by atoms with van der Waals surface area (Å²) in [4.78, 5) is 18.6. The highest BCUT2D eigenvalue weighted by Gasteiger charge is 2.09. The highest BCUT2D eigenvalue weighted by atomic mass is 16.1. The summed E-state index contributed by atoms with van der Waals surface area (Å²) in [6.45, 7) is 3.62. The number of hydrogen-bond donors (Lipinski definition) is 1. The van der Waals surface area contributed by atoms with E-state index in [1.807, 2.05) is 50.8 Å². The van der Waals surface area contributed by atoms with Crippen LogP contribution >= 0.6 is 0 Å². The lowest BCUT2D eigenvalue weighted by atomic mass is 10.2. The van der Waals surface area contributed by atoms with Gasteiger partial charge in [-0.15, -0.1) is 0 Å². The summed E-state index contributed by atoms with van der Waals surface area (Å²) >= 11 is 0. The predicted octanol–water partition coefficient (Wildman–Crippen LogP) is 1.56. The van der Waals surface area contributed by atoms with E-state index in [-0.39, 0.29) is 5.91 Å². The number of hydrogen-bond acceptors (Lipinski definition) is 3. The molecule has 1 heterocycles. The largest absolute Gasteiger partial charge is 0.352 e. The van der Waals surface area contributed by atoms with Crippen molar-refractivity contribution in [3.63, 3.8) is 0 Å². The second-order valence-corrected chi connectivity index (χ2v) is 5.33. The van der Waals surface area contributed by atoms with Crippen LogP contribution in [0.3, 0.4) is 0 Å². The lowest BCUT2D eigenvalue weighted by molar-refractivity contribution is 0.0952. The van der Waals surface area contributed by atoms with E-state index in [0.29, 0.717) is 12.1 Å². The predicted molar refractivity (Wildman–Crippen MR) is 81.0 cm³/mol. The molecule has 0 fully saturated rings. The van der Waals surface area contributed by atoms with E-state index in [2.05, 4.69) is 15.2 Å². The molecule has 1 amide bonds. The number of carbonyl (C=O) groups excluding carboxylic acids is 1. The third kappa shape index (κ3) is 3.17. The van der Waals surface area contributed by atoms with Gasteiger partial charge in [0.15, 0.2) is 0 Å². The van der Waals surface area contributed by atoms with Gasteiger partial charge in [0, 0.05) is 19.2 Å². The van der Waals surface area contributed by atoms with Crippen molar-refractivity contribution in [2.24, 2.45) is 7.05 Å². The molecule has 108 valence electrons. The van der Waals surface area contributed by atoms with Crippen molar-refractivity contribution >= 4 is 16.9 Å². The van der Waals surface area contributed by atoms with Gasteiger partial charge < -0.3 is 14.8 Å². The summed E-state index contributed by atoms with van der Waals surface area (Å²) in [6.07, 6.45) is 0.948. The van der Waals surface area contributed by atoms with Gasteiger partial charge >= 0.3 is 0 Å². The molecule has 0 aliphatic carbocycles. The fraction of sp³-hybridized carbons (Fsp3) is 0.467. The molecule has 5 nitrogen and oxygen atoms in total. The number of nitrogens with zero attached hydrogens (tertiary/aromatic N) is 3. The minimum atomic E-state index is -0.0334. The number of rotatable bonds is 5. The molecule has 0 unspecified atom stereocenters. The van der Waals surface area contributed by atoms with Crippen LogP contribution in [-0.4, -0.2) is 47.5 Å². The number of imidazole rings is 1. The van der Waals surface area contributed by atoms with Gasteiger partial charge in [0.1, 0.15) is 5.82 Å². The molecule has 20 heavy (non-hydrogen) atoms. The Morgan fingerprint density at radius 3 is 2.85 bits per heavy atom. The van der Waals surface area contributed by atoms with E-state index < -0.39 is 0 Å². The Morgan fingerprint density at radius 2 is 2.15 bits per heavy atom. The normalized spacial score (nSPS) is 11.2. The molecule has 0 radical (unpaired) electrons. The molecular weight excluding hydrogens is 252 g/mol. The van der Waals surface area contributed by atoms with E-state index in [1.54, 1.807) is 0 Å². The maximum absolute atomic E-state index is 12.1. The standard InChI is InChI=1S/C15H22N4O/c1-11-17-13-10-12(6-7-14(13)19(11)4)15(20)16-8-5-9-18(2)3/h6-7,10H,5,8-9H2,1-4H3,(H,16,20). The van der Waals surface area contributed by atoms with Gasteiger partial charge in [0.25, 0.3) is 5.91 Å². The van der Waals surface area contributed by atoms with Gasteiger partial charge in [-0.3, -0.25) is 4.79 Å². The number of carbonyl (C=O) groups is 1. The number of aryl methyl sites for hydroxylation is 2. The van der Waals surface area contributed by atoms with E-state index >= 15 is 0 Å². The Balaban J connectivity index is 2.03. The van der Waals surface area contributed by atoms with Crippen LogP contribution < -0.4 is 5.32 Å². The molecule has 0 saturated carbocycles. The fourth-order valence-corrected chi connectivity index (χ4v) is 2.16. The summed E-state index contributed by atoms with van der Waals surface area (Å²) in [7, 11) is 6.03. The first-order valence-electron chi connectivity index (χ1n) is 6.85. The Labute approximate surface area is 119 Å². The van der Waals surface area contributed by atoms with Crippen molar-refractivity contribution < 1.29 is 4.79 Å². The number of fused-ring (bicyclic) bond motifs is 1. The minimum Gasteiger partial charge on any atom is -0.352 e. The molecule has 1 aromatic carbocycles. The van der Waals surface area contributed by atoms with Crippen LogP contribution in [0.5, 0.6) is 0 Å². The van der Waals surface area contributed by atoms with Crippen molar-refractivity contribution in [2.75, 3.05) is 27.2 Å². The molecule has 1 N–H and O–H groups in total. The molecule has 5 heteroatoms. The molecule has 0 spiro atoms. The third-order valence-electron chi connectivity index (χ3n) is 3.43. The molecule has 0 atom stereocenters. The van der Waals surface area contributed by atoms with Crippen LogP contribution in [0, 0.1) is 6.92 Å². The third-order valence-corrected chi connectivity index (χ3v) is 3.43. The molecule has 2 rings (SSSR count). The summed E-state index contributed by atoms with van der Waals surface area (Å²) in [5, 5.41) is 2.94. The maximum atomic E-state index is 12.1. The Kier molecular flexibility index (Phi) is 4.39. The van der Waals surface area contributed by atoms with Gasteiger partial charge in [0.05, 0.1) is 11.0 Å². The van der Waals surface area contributed by atoms with Crippen molar-refractivity contribution in [3.05, 3.63) is 29.6 Å². The monoisotopic (exact) mass is 274 g/mol. The molecule has 0 saturated heterocycles. The van der Waals surface area contributed by atoms with Gasteiger partial charge in [-0.25, -0.2) is 4.98 Å². The number of amides is 1. The van der Waals surface area contributed by atoms with Crippen LogP contribution in [0.25, 0.3) is 11.0 Å². The van der Waals surface area contributed by atoms with Gasteiger partial charge in [0.2, 0.25) is 0 Å². The van der Waals surface area contributed by atoms with Crippen molar-refractivity contribution in [1.82, 2.24) is 19.8 Å². The topological polar surface area (TPSA) is 50.2 Å². The maximum Gasteiger partial charge on any atom is 0.251 e. The lowest BCUT2D eigenvalue weighted by Crippen LogP contribution is -2.27. The van der Waals surface area contributed by atoms with Gasteiger partial charge in [-0.05, 0) is 52.2 Å². The first-order chi connectivity index (χ1) is 9.49. The smallest absolute Gasteiger partial charge is 0.251 e. The zero-order valence-electron chi connectivity index (χ0n) is 12.6. The summed E-state index contributed by atoms with van der Waals surface area (Å²) in [5.41, 5.74) is 2.58. The van der Waals surface area contributed by atoms with Crippen molar-refractivity contribution in [2.45, 2.75) is 13.3 Å². The number of aromatic nitrogens is 2. The van der Waals surface area contributed by atoms with Crippen LogP contribution in [0.15, 0.2) is 18.2 Å². The average Bonchev–Trinajstić information content (AvgIpc) is 2.69. The minimum absolute atomic E-state index is 0.0334. The van der Waals surface area contributed by atoms with Crippen LogP contribution in [0.1, 0.15) is 22.6 Å². The average molecular weight is 274 g/mol. The van der Waals surface area contributed by atoms with Crippen molar-refractivity contribution in [3.8, 4) is 0 Å². The van der Waals surface area contributed by atoms with Crippen LogP contribution in [0.2, 0.25) is 0 Å². The van der Waals surface area contributed by atoms with E-state index in [9.17, 15) is 4.79 Å². The second kappa shape index (κ2) is 6.05. The Bertz CT molecular complexity index is 616. The van der Waals surface area contributed by atoms with Crippen LogP contribution in [-0.2, 0) is 7.05 Å². The van der Waals surface area contributed by atoms with Gasteiger partial charge in [-0.1, -0.05) is 0 Å². The van der Waals surface area contributed by atoms with E-state index in [4.69, 9.17) is 0 Å². The first-order valence-corrected chi connectivity index (χ1v) is 6.85. The molecular formula is C15H22N4O. The first kappa shape index (κ1) is 14.5. The quantitative estimate of drug-likeness (QED) is 0.842. The van der Waals surface area contributed by atoms with Crippen molar-refractivity contribution in [1.29, 1.82) is 0 Å². The summed E-state index contributed by atoms with van der Waals surface area (Å²) in [5.74, 6) is 0.914. The second-order valence-electron chi connectivity index (χ2n) is 5.33. The summed E-state index contributed by atoms with van der Waals surface area (Å²) in [6, 6.07) is 5.65.